The van der Waals surface area contributed by atoms with E-state index in [1.165, 1.54) is 24.8 Å². The number of nitrogens with one attached hydrogen (secondary N) is 2. The minimum atomic E-state index is 0. The summed E-state index contributed by atoms with van der Waals surface area (Å²) in [5.74, 6) is 1.83. The van der Waals surface area contributed by atoms with Gasteiger partial charge in [0.1, 0.15) is 5.15 Å². The Kier molecular flexibility index (Phi) is 8.21. The van der Waals surface area contributed by atoms with Crippen molar-refractivity contribution in [2.45, 2.75) is 25.7 Å². The molecular weight excluding hydrogens is 387 g/mol. The molecule has 1 aliphatic carbocycles. The van der Waals surface area contributed by atoms with Crippen LogP contribution in [0.25, 0.3) is 0 Å². The molecule has 20 heavy (non-hydrogen) atoms. The molecule has 0 bridgehead atoms. The molecule has 0 aromatic carbocycles. The molecule has 1 aliphatic rings. The summed E-state index contributed by atoms with van der Waals surface area (Å²) in [6.07, 6.45) is 6.77. The lowest BCUT2D eigenvalue weighted by Crippen LogP contribution is -2.38. The van der Waals surface area contributed by atoms with Crippen LogP contribution in [-0.2, 0) is 6.42 Å². The highest BCUT2D eigenvalue weighted by Gasteiger charge is 2.20. The summed E-state index contributed by atoms with van der Waals surface area (Å²) in [6.45, 7) is 1.85. The summed E-state index contributed by atoms with van der Waals surface area (Å²) in [5, 5.41) is 7.18. The number of nitrogens with zero attached hydrogens (tertiary/aromatic N) is 2. The smallest absolute Gasteiger partial charge is 0.190 e. The van der Waals surface area contributed by atoms with Gasteiger partial charge in [-0.05, 0) is 30.4 Å². The van der Waals surface area contributed by atoms with Gasteiger partial charge < -0.3 is 10.6 Å². The molecule has 0 saturated heterocycles. The fraction of sp³-hybridized carbons (Fsp3) is 0.571. The van der Waals surface area contributed by atoms with Crippen LogP contribution in [-0.4, -0.2) is 31.1 Å². The second-order valence-corrected chi connectivity index (χ2v) is 5.28. The Morgan fingerprint density at radius 3 is 2.70 bits per heavy atom. The van der Waals surface area contributed by atoms with Crippen LogP contribution in [0.3, 0.4) is 0 Å². The van der Waals surface area contributed by atoms with Crippen LogP contribution in [0.2, 0.25) is 5.15 Å². The monoisotopic (exact) mass is 408 g/mol. The fourth-order valence-corrected chi connectivity index (χ4v) is 2.01. The summed E-state index contributed by atoms with van der Waals surface area (Å²) in [7, 11) is 1.80. The van der Waals surface area contributed by atoms with E-state index in [-0.39, 0.29) is 24.0 Å². The molecule has 2 rings (SSSR count). The largest absolute Gasteiger partial charge is 0.356 e. The van der Waals surface area contributed by atoms with Crippen molar-refractivity contribution in [1.29, 1.82) is 0 Å². The van der Waals surface area contributed by atoms with E-state index in [1.807, 2.05) is 18.3 Å². The van der Waals surface area contributed by atoms with Crippen molar-refractivity contribution in [1.82, 2.24) is 15.6 Å². The van der Waals surface area contributed by atoms with Crippen molar-refractivity contribution >= 4 is 41.5 Å². The SMILES string of the molecule is CN=C(NCCc1ccc(Cl)nc1)NCCC1CC1.I. The van der Waals surface area contributed by atoms with Gasteiger partial charge in [0.05, 0.1) is 0 Å². The molecule has 0 aliphatic heterocycles. The Hall–Kier alpha value is -0.560. The Bertz CT molecular complexity index is 418. The van der Waals surface area contributed by atoms with E-state index in [1.54, 1.807) is 7.05 Å². The van der Waals surface area contributed by atoms with Crippen LogP contribution in [0, 0.1) is 5.92 Å². The summed E-state index contributed by atoms with van der Waals surface area (Å²) in [6, 6.07) is 3.82. The normalized spacial score (nSPS) is 14.6. The van der Waals surface area contributed by atoms with Gasteiger partial charge in [-0.15, -0.1) is 24.0 Å². The second kappa shape index (κ2) is 9.39. The third kappa shape index (κ3) is 6.74. The van der Waals surface area contributed by atoms with Crippen molar-refractivity contribution in [2.75, 3.05) is 20.1 Å². The van der Waals surface area contributed by atoms with E-state index >= 15 is 0 Å². The molecule has 1 saturated carbocycles. The quantitative estimate of drug-likeness (QED) is 0.329. The third-order valence-corrected chi connectivity index (χ3v) is 3.48. The van der Waals surface area contributed by atoms with Crippen molar-refractivity contribution in [3.05, 3.63) is 29.0 Å². The molecule has 6 heteroatoms. The first-order valence-electron chi connectivity index (χ1n) is 6.83. The number of aromatic nitrogens is 1. The first kappa shape index (κ1) is 17.5. The molecule has 0 atom stereocenters. The van der Waals surface area contributed by atoms with E-state index in [4.69, 9.17) is 11.6 Å². The first-order valence-corrected chi connectivity index (χ1v) is 7.20. The molecule has 0 spiro atoms. The van der Waals surface area contributed by atoms with Gasteiger partial charge >= 0.3 is 0 Å². The molecule has 1 heterocycles. The van der Waals surface area contributed by atoms with E-state index in [0.717, 1.165) is 31.4 Å². The standard InChI is InChI=1S/C14H21ClN4.HI/c1-16-14(17-8-6-11-2-3-11)18-9-7-12-4-5-13(15)19-10-12;/h4-5,10-11H,2-3,6-9H2,1H3,(H2,16,17,18);1H. The maximum absolute atomic E-state index is 5.75. The van der Waals surface area contributed by atoms with Crippen LogP contribution in [0.1, 0.15) is 24.8 Å². The molecule has 1 fully saturated rings. The van der Waals surface area contributed by atoms with Crippen LogP contribution in [0.15, 0.2) is 23.3 Å². The Balaban J connectivity index is 0.00000200. The average Bonchev–Trinajstić information content (AvgIpc) is 3.23. The maximum atomic E-state index is 5.75. The first-order chi connectivity index (χ1) is 9.28. The Morgan fingerprint density at radius 2 is 2.10 bits per heavy atom. The average molecular weight is 409 g/mol. The van der Waals surface area contributed by atoms with E-state index in [2.05, 4.69) is 20.6 Å². The zero-order valence-corrected chi connectivity index (χ0v) is 14.8. The van der Waals surface area contributed by atoms with Crippen molar-refractivity contribution < 1.29 is 0 Å². The van der Waals surface area contributed by atoms with Crippen LogP contribution >= 0.6 is 35.6 Å². The topological polar surface area (TPSA) is 49.3 Å². The lowest BCUT2D eigenvalue weighted by atomic mass is 10.2. The zero-order valence-electron chi connectivity index (χ0n) is 11.7. The van der Waals surface area contributed by atoms with Gasteiger partial charge in [0.15, 0.2) is 5.96 Å². The summed E-state index contributed by atoms with van der Waals surface area (Å²) >= 11 is 5.75. The van der Waals surface area contributed by atoms with Gasteiger partial charge in [-0.3, -0.25) is 4.99 Å². The number of hydrogen-bond donors (Lipinski definition) is 2. The molecule has 1 aromatic rings. The highest BCUT2D eigenvalue weighted by Crippen LogP contribution is 2.31. The van der Waals surface area contributed by atoms with Gasteiger partial charge in [0.25, 0.3) is 0 Å². The van der Waals surface area contributed by atoms with Gasteiger partial charge in [0.2, 0.25) is 0 Å². The number of guanidine groups is 1. The number of aliphatic imine (C=N–C) groups is 1. The predicted octanol–water partition coefficient (Wildman–Crippen LogP) is 2.86. The van der Waals surface area contributed by atoms with Gasteiger partial charge in [-0.2, -0.15) is 0 Å². The molecule has 0 unspecified atom stereocenters. The molecule has 112 valence electrons. The van der Waals surface area contributed by atoms with Crippen LogP contribution < -0.4 is 10.6 Å². The van der Waals surface area contributed by atoms with Gasteiger partial charge in [-0.25, -0.2) is 4.98 Å². The summed E-state index contributed by atoms with van der Waals surface area (Å²) in [4.78, 5) is 8.27. The third-order valence-electron chi connectivity index (χ3n) is 3.26. The molecule has 4 nitrogen and oxygen atoms in total. The highest BCUT2D eigenvalue weighted by atomic mass is 127. The fourth-order valence-electron chi connectivity index (χ4n) is 1.90. The minimum Gasteiger partial charge on any atom is -0.356 e. The van der Waals surface area contributed by atoms with Gasteiger partial charge in [-0.1, -0.05) is 30.5 Å². The number of halogens is 2. The van der Waals surface area contributed by atoms with E-state index < -0.39 is 0 Å². The van der Waals surface area contributed by atoms with Crippen LogP contribution in [0.5, 0.6) is 0 Å². The lowest BCUT2D eigenvalue weighted by molar-refractivity contribution is 0.684. The summed E-state index contributed by atoms with van der Waals surface area (Å²) < 4.78 is 0. The number of rotatable bonds is 6. The number of pyridine rings is 1. The minimum absolute atomic E-state index is 0. The molecular formula is C14H22ClIN4. The predicted molar refractivity (Wildman–Crippen MR) is 95.1 cm³/mol. The highest BCUT2D eigenvalue weighted by molar-refractivity contribution is 14.0. The molecule has 0 radical (unpaired) electrons. The molecule has 2 N–H and O–H groups in total. The zero-order chi connectivity index (χ0) is 13.5. The van der Waals surface area contributed by atoms with Crippen LogP contribution in [0.4, 0.5) is 0 Å². The van der Waals surface area contributed by atoms with E-state index in [0.29, 0.717) is 5.15 Å². The van der Waals surface area contributed by atoms with Crippen molar-refractivity contribution in [3.63, 3.8) is 0 Å². The Labute approximate surface area is 142 Å². The maximum Gasteiger partial charge on any atom is 0.190 e. The van der Waals surface area contributed by atoms with E-state index in [9.17, 15) is 0 Å². The van der Waals surface area contributed by atoms with Crippen molar-refractivity contribution in [3.8, 4) is 0 Å². The Morgan fingerprint density at radius 1 is 1.35 bits per heavy atom. The second-order valence-electron chi connectivity index (χ2n) is 4.90. The van der Waals surface area contributed by atoms with Crippen molar-refractivity contribution in [2.24, 2.45) is 10.9 Å². The lowest BCUT2D eigenvalue weighted by Gasteiger charge is -2.11. The summed E-state index contributed by atoms with van der Waals surface area (Å²) in [5.41, 5.74) is 1.17. The molecule has 0 amide bonds. The molecule has 1 aromatic heterocycles. The number of hydrogen-bond acceptors (Lipinski definition) is 2. The van der Waals surface area contributed by atoms with Gasteiger partial charge in [0, 0.05) is 26.3 Å².